The molecule has 2 rings (SSSR count). The molecule has 1 aliphatic rings. The second-order valence-corrected chi connectivity index (χ2v) is 3.76. The van der Waals surface area contributed by atoms with E-state index in [2.05, 4.69) is 10.3 Å². The fraction of sp³-hybridized carbons (Fsp3) is 0.400. The first-order valence-electron chi connectivity index (χ1n) is 4.78. The second-order valence-electron chi connectivity index (χ2n) is 3.41. The lowest BCUT2D eigenvalue weighted by Crippen LogP contribution is -2.30. The Bertz CT molecular complexity index is 370. The number of rotatable bonds is 3. The van der Waals surface area contributed by atoms with E-state index in [1.54, 1.807) is 18.3 Å². The number of amides is 1. The van der Waals surface area contributed by atoms with Crippen LogP contribution < -0.4 is 10.1 Å². The van der Waals surface area contributed by atoms with E-state index < -0.39 is 0 Å². The van der Waals surface area contributed by atoms with E-state index in [1.165, 1.54) is 0 Å². The molecule has 0 aliphatic carbocycles. The molecular weight excluding hydrogens is 216 g/mol. The van der Waals surface area contributed by atoms with Crippen LogP contribution in [0.25, 0.3) is 0 Å². The fourth-order valence-electron chi connectivity index (χ4n) is 1.47. The van der Waals surface area contributed by atoms with Gasteiger partial charge in [-0.05, 0) is 18.6 Å². The molecule has 4 nitrogen and oxygen atoms in total. The standard InChI is InChI=1S/C10H11ClN2O2/c11-10-8(2-1-5-12-10)15-6-7-3-4-9(14)13-7/h1-2,5,7H,3-4,6H2,(H,13,14). The molecule has 0 radical (unpaired) electrons. The molecule has 15 heavy (non-hydrogen) atoms. The summed E-state index contributed by atoms with van der Waals surface area (Å²) in [5, 5.41) is 3.17. The van der Waals surface area contributed by atoms with Crippen molar-refractivity contribution < 1.29 is 9.53 Å². The Morgan fingerprint density at radius 2 is 2.53 bits per heavy atom. The molecule has 0 spiro atoms. The van der Waals surface area contributed by atoms with Crippen LogP contribution in [0.15, 0.2) is 18.3 Å². The van der Waals surface area contributed by atoms with Gasteiger partial charge in [0.15, 0.2) is 10.9 Å². The third-order valence-corrected chi connectivity index (χ3v) is 2.53. The molecular formula is C10H11ClN2O2. The number of carbonyl (C=O) groups is 1. The van der Waals surface area contributed by atoms with Crippen LogP contribution in [-0.4, -0.2) is 23.5 Å². The molecule has 1 amide bonds. The van der Waals surface area contributed by atoms with Crippen LogP contribution in [-0.2, 0) is 4.79 Å². The van der Waals surface area contributed by atoms with E-state index >= 15 is 0 Å². The lowest BCUT2D eigenvalue weighted by molar-refractivity contribution is -0.119. The average Bonchev–Trinajstić information content (AvgIpc) is 2.63. The molecule has 80 valence electrons. The Morgan fingerprint density at radius 1 is 1.67 bits per heavy atom. The normalized spacial score (nSPS) is 20.1. The molecule has 1 aliphatic heterocycles. The second kappa shape index (κ2) is 4.49. The lowest BCUT2D eigenvalue weighted by atomic mass is 10.2. The topological polar surface area (TPSA) is 51.2 Å². The van der Waals surface area contributed by atoms with Crippen molar-refractivity contribution in [1.29, 1.82) is 0 Å². The molecule has 5 heteroatoms. The maximum Gasteiger partial charge on any atom is 0.220 e. The third-order valence-electron chi connectivity index (χ3n) is 2.25. The summed E-state index contributed by atoms with van der Waals surface area (Å²) in [6.45, 7) is 0.442. The molecule has 2 heterocycles. The molecule has 0 bridgehead atoms. The largest absolute Gasteiger partial charge is 0.488 e. The summed E-state index contributed by atoms with van der Waals surface area (Å²) < 4.78 is 5.46. The number of nitrogens with one attached hydrogen (secondary N) is 1. The summed E-state index contributed by atoms with van der Waals surface area (Å²) in [4.78, 5) is 14.8. The van der Waals surface area contributed by atoms with Gasteiger partial charge in [-0.25, -0.2) is 4.98 Å². The van der Waals surface area contributed by atoms with Crippen molar-refractivity contribution in [1.82, 2.24) is 10.3 Å². The highest BCUT2D eigenvalue weighted by molar-refractivity contribution is 6.30. The Labute approximate surface area is 92.6 Å². The van der Waals surface area contributed by atoms with Crippen molar-refractivity contribution in [2.24, 2.45) is 0 Å². The van der Waals surface area contributed by atoms with Gasteiger partial charge >= 0.3 is 0 Å². The van der Waals surface area contributed by atoms with Crippen LogP contribution in [0.2, 0.25) is 5.15 Å². The van der Waals surface area contributed by atoms with Gasteiger partial charge in [-0.15, -0.1) is 0 Å². The van der Waals surface area contributed by atoms with Crippen LogP contribution in [0.3, 0.4) is 0 Å². The van der Waals surface area contributed by atoms with E-state index in [0.717, 1.165) is 6.42 Å². The molecule has 1 fully saturated rings. The van der Waals surface area contributed by atoms with Gasteiger partial charge in [-0.1, -0.05) is 11.6 Å². The van der Waals surface area contributed by atoms with Gasteiger partial charge in [0, 0.05) is 12.6 Å². The quantitative estimate of drug-likeness (QED) is 0.793. The number of ether oxygens (including phenoxy) is 1. The van der Waals surface area contributed by atoms with Crippen LogP contribution in [0.1, 0.15) is 12.8 Å². The van der Waals surface area contributed by atoms with Gasteiger partial charge in [-0.2, -0.15) is 0 Å². The Morgan fingerprint density at radius 3 is 3.20 bits per heavy atom. The third kappa shape index (κ3) is 2.59. The summed E-state index contributed by atoms with van der Waals surface area (Å²) in [6.07, 6.45) is 3.00. The van der Waals surface area contributed by atoms with Crippen molar-refractivity contribution in [3.05, 3.63) is 23.5 Å². The maximum absolute atomic E-state index is 10.9. The van der Waals surface area contributed by atoms with Gasteiger partial charge in [0.25, 0.3) is 0 Å². The van der Waals surface area contributed by atoms with Gasteiger partial charge in [0.05, 0.1) is 6.04 Å². The van der Waals surface area contributed by atoms with Crippen molar-refractivity contribution in [3.63, 3.8) is 0 Å². The number of carbonyl (C=O) groups excluding carboxylic acids is 1. The molecule has 1 aromatic heterocycles. The summed E-state index contributed by atoms with van der Waals surface area (Å²) in [5.74, 6) is 0.640. The van der Waals surface area contributed by atoms with Crippen LogP contribution in [0.5, 0.6) is 5.75 Å². The first kappa shape index (κ1) is 10.2. The highest BCUT2D eigenvalue weighted by Gasteiger charge is 2.21. The summed E-state index contributed by atoms with van der Waals surface area (Å²) in [5.41, 5.74) is 0. The Hall–Kier alpha value is -1.29. The summed E-state index contributed by atoms with van der Waals surface area (Å²) >= 11 is 5.81. The van der Waals surface area contributed by atoms with Crippen molar-refractivity contribution >= 4 is 17.5 Å². The zero-order chi connectivity index (χ0) is 10.7. The van der Waals surface area contributed by atoms with Gasteiger partial charge in [0.1, 0.15) is 6.61 Å². The molecule has 0 saturated carbocycles. The van der Waals surface area contributed by atoms with E-state index in [4.69, 9.17) is 16.3 Å². The fourth-order valence-corrected chi connectivity index (χ4v) is 1.65. The number of nitrogens with zero attached hydrogens (tertiary/aromatic N) is 1. The number of hydrogen-bond donors (Lipinski definition) is 1. The monoisotopic (exact) mass is 226 g/mol. The first-order chi connectivity index (χ1) is 7.25. The van der Waals surface area contributed by atoms with Crippen LogP contribution in [0, 0.1) is 0 Å². The first-order valence-corrected chi connectivity index (χ1v) is 5.16. The molecule has 1 atom stereocenters. The SMILES string of the molecule is O=C1CCC(COc2cccnc2Cl)N1. The van der Waals surface area contributed by atoms with Crippen molar-refractivity contribution in [2.75, 3.05) is 6.61 Å². The smallest absolute Gasteiger partial charge is 0.220 e. The minimum Gasteiger partial charge on any atom is -0.488 e. The van der Waals surface area contributed by atoms with Gasteiger partial charge in [0.2, 0.25) is 5.91 Å². The van der Waals surface area contributed by atoms with Crippen LogP contribution in [0.4, 0.5) is 0 Å². The summed E-state index contributed by atoms with van der Waals surface area (Å²) in [6, 6.07) is 3.61. The lowest BCUT2D eigenvalue weighted by Gasteiger charge is -2.12. The highest BCUT2D eigenvalue weighted by Crippen LogP contribution is 2.21. The van der Waals surface area contributed by atoms with E-state index in [9.17, 15) is 4.79 Å². The Kier molecular flexibility index (Phi) is 3.06. The predicted molar refractivity (Wildman–Crippen MR) is 55.9 cm³/mol. The molecule has 1 aromatic rings. The molecule has 1 N–H and O–H groups in total. The van der Waals surface area contributed by atoms with Crippen molar-refractivity contribution in [3.8, 4) is 5.75 Å². The number of halogens is 1. The minimum absolute atomic E-state index is 0.0842. The van der Waals surface area contributed by atoms with E-state index in [1.807, 2.05) is 0 Å². The van der Waals surface area contributed by atoms with Crippen LogP contribution >= 0.6 is 11.6 Å². The zero-order valence-corrected chi connectivity index (χ0v) is 8.83. The molecule has 0 aromatic carbocycles. The maximum atomic E-state index is 10.9. The van der Waals surface area contributed by atoms with Crippen molar-refractivity contribution in [2.45, 2.75) is 18.9 Å². The van der Waals surface area contributed by atoms with E-state index in [-0.39, 0.29) is 11.9 Å². The summed E-state index contributed by atoms with van der Waals surface area (Å²) in [7, 11) is 0. The van der Waals surface area contributed by atoms with Gasteiger partial charge < -0.3 is 10.1 Å². The van der Waals surface area contributed by atoms with Gasteiger partial charge in [-0.3, -0.25) is 4.79 Å². The molecule has 1 saturated heterocycles. The molecule has 1 unspecified atom stereocenters. The highest BCUT2D eigenvalue weighted by atomic mass is 35.5. The predicted octanol–water partition coefficient (Wildman–Crippen LogP) is 1.39. The number of hydrogen-bond acceptors (Lipinski definition) is 3. The number of aromatic nitrogens is 1. The zero-order valence-electron chi connectivity index (χ0n) is 8.07. The van der Waals surface area contributed by atoms with E-state index in [0.29, 0.717) is 23.9 Å². The number of pyridine rings is 1. The minimum atomic E-state index is 0.0842. The average molecular weight is 227 g/mol. The Balaban J connectivity index is 1.88.